The number of aromatic nitrogens is 1. The summed E-state index contributed by atoms with van der Waals surface area (Å²) in [6.45, 7) is 3.53. The molecule has 0 aliphatic rings. The molecule has 88 valence electrons. The molecular weight excluding hydrogens is 216 g/mol. The first-order valence-corrected chi connectivity index (χ1v) is 5.40. The van der Waals surface area contributed by atoms with Crippen molar-refractivity contribution in [2.45, 2.75) is 20.0 Å². The van der Waals surface area contributed by atoms with E-state index in [4.69, 9.17) is 10.5 Å². The highest BCUT2D eigenvalue weighted by Gasteiger charge is 2.12. The van der Waals surface area contributed by atoms with Crippen molar-refractivity contribution in [1.82, 2.24) is 4.98 Å². The van der Waals surface area contributed by atoms with Gasteiger partial charge in [-0.15, -0.1) is 0 Å². The van der Waals surface area contributed by atoms with Crippen LogP contribution in [-0.4, -0.2) is 17.0 Å². The van der Waals surface area contributed by atoms with E-state index in [0.717, 1.165) is 16.6 Å². The molecule has 0 aliphatic carbocycles. The molecule has 0 bridgehead atoms. The molecule has 1 atom stereocenters. The molecule has 2 N–H and O–H groups in total. The highest BCUT2D eigenvalue weighted by atomic mass is 16.5. The molecule has 0 fully saturated rings. The Bertz CT molecular complexity index is 566. The number of nitrogens with zero attached hydrogens (tertiary/aromatic N) is 1. The van der Waals surface area contributed by atoms with Crippen molar-refractivity contribution >= 4 is 16.8 Å². The zero-order valence-electron chi connectivity index (χ0n) is 9.81. The van der Waals surface area contributed by atoms with Crippen LogP contribution in [0.5, 0.6) is 5.75 Å². The van der Waals surface area contributed by atoms with Crippen molar-refractivity contribution in [1.29, 1.82) is 0 Å². The number of benzene rings is 1. The highest BCUT2D eigenvalue weighted by molar-refractivity contribution is 5.85. The second kappa shape index (κ2) is 4.41. The molecule has 4 heteroatoms. The van der Waals surface area contributed by atoms with E-state index in [1.54, 1.807) is 13.0 Å². The SMILES string of the molecule is Cc1ccc2cccc(OC(C)C(N)=O)c2n1. The number of nitrogens with two attached hydrogens (primary N) is 1. The summed E-state index contributed by atoms with van der Waals surface area (Å²) >= 11 is 0. The van der Waals surface area contributed by atoms with Gasteiger partial charge >= 0.3 is 0 Å². The molecule has 0 aliphatic heterocycles. The van der Waals surface area contributed by atoms with Crippen LogP contribution >= 0.6 is 0 Å². The number of hydrogen-bond acceptors (Lipinski definition) is 3. The monoisotopic (exact) mass is 230 g/mol. The van der Waals surface area contributed by atoms with Crippen LogP contribution in [-0.2, 0) is 4.79 Å². The fourth-order valence-corrected chi connectivity index (χ4v) is 1.56. The maximum absolute atomic E-state index is 11.0. The molecule has 1 aromatic carbocycles. The zero-order chi connectivity index (χ0) is 12.4. The number of carbonyl (C=O) groups excluding carboxylic acids is 1. The molecule has 0 radical (unpaired) electrons. The van der Waals surface area contributed by atoms with Crippen LogP contribution in [0.4, 0.5) is 0 Å². The van der Waals surface area contributed by atoms with Crippen LogP contribution in [0.2, 0.25) is 0 Å². The molecule has 0 spiro atoms. The summed E-state index contributed by atoms with van der Waals surface area (Å²) in [5.74, 6) is 0.0900. The van der Waals surface area contributed by atoms with Crippen molar-refractivity contribution in [2.75, 3.05) is 0 Å². The van der Waals surface area contributed by atoms with Crippen LogP contribution in [0.15, 0.2) is 30.3 Å². The summed E-state index contributed by atoms with van der Waals surface area (Å²) in [6, 6.07) is 9.50. The van der Waals surface area contributed by atoms with Gasteiger partial charge in [-0.3, -0.25) is 4.79 Å². The molecular formula is C13H14N2O2. The van der Waals surface area contributed by atoms with Crippen LogP contribution in [0, 0.1) is 6.92 Å². The Morgan fingerprint density at radius 2 is 2.12 bits per heavy atom. The Morgan fingerprint density at radius 3 is 2.82 bits per heavy atom. The van der Waals surface area contributed by atoms with Gasteiger partial charge in [0.25, 0.3) is 5.91 Å². The number of rotatable bonds is 3. The lowest BCUT2D eigenvalue weighted by molar-refractivity contribution is -0.123. The number of pyridine rings is 1. The lowest BCUT2D eigenvalue weighted by atomic mass is 10.2. The van der Waals surface area contributed by atoms with Crippen LogP contribution in [0.25, 0.3) is 10.9 Å². The molecule has 1 amide bonds. The van der Waals surface area contributed by atoms with E-state index in [1.165, 1.54) is 0 Å². The van der Waals surface area contributed by atoms with E-state index in [9.17, 15) is 4.79 Å². The third-order valence-corrected chi connectivity index (χ3v) is 2.53. The van der Waals surface area contributed by atoms with Crippen molar-refractivity contribution in [2.24, 2.45) is 5.73 Å². The first kappa shape index (κ1) is 11.4. The van der Waals surface area contributed by atoms with Crippen molar-refractivity contribution < 1.29 is 9.53 Å². The van der Waals surface area contributed by atoms with E-state index in [0.29, 0.717) is 5.75 Å². The minimum Gasteiger partial charge on any atom is -0.479 e. The first-order chi connectivity index (χ1) is 8.08. The van der Waals surface area contributed by atoms with Gasteiger partial charge in [0.2, 0.25) is 0 Å². The van der Waals surface area contributed by atoms with Crippen molar-refractivity contribution in [3.05, 3.63) is 36.0 Å². The number of amides is 1. The fraction of sp³-hybridized carbons (Fsp3) is 0.231. The molecule has 17 heavy (non-hydrogen) atoms. The number of fused-ring (bicyclic) bond motifs is 1. The van der Waals surface area contributed by atoms with Gasteiger partial charge in [0.1, 0.15) is 11.3 Å². The maximum Gasteiger partial charge on any atom is 0.258 e. The number of aryl methyl sites for hydroxylation is 1. The van der Waals surface area contributed by atoms with Crippen LogP contribution < -0.4 is 10.5 Å². The van der Waals surface area contributed by atoms with E-state index < -0.39 is 12.0 Å². The van der Waals surface area contributed by atoms with Crippen LogP contribution in [0.3, 0.4) is 0 Å². The van der Waals surface area contributed by atoms with Gasteiger partial charge in [0.05, 0.1) is 0 Å². The number of hydrogen-bond donors (Lipinski definition) is 1. The largest absolute Gasteiger partial charge is 0.479 e. The Balaban J connectivity index is 2.46. The van der Waals surface area contributed by atoms with E-state index in [-0.39, 0.29) is 0 Å². The van der Waals surface area contributed by atoms with Gasteiger partial charge in [-0.25, -0.2) is 4.98 Å². The summed E-state index contributed by atoms with van der Waals surface area (Å²) < 4.78 is 5.51. The summed E-state index contributed by atoms with van der Waals surface area (Å²) in [7, 11) is 0. The molecule has 0 saturated carbocycles. The van der Waals surface area contributed by atoms with Crippen LogP contribution in [0.1, 0.15) is 12.6 Å². The summed E-state index contributed by atoms with van der Waals surface area (Å²) in [5.41, 5.74) is 6.83. The lowest BCUT2D eigenvalue weighted by Crippen LogP contribution is -2.30. The number of primary amides is 1. The average molecular weight is 230 g/mol. The Hall–Kier alpha value is -2.10. The molecule has 2 aromatic rings. The van der Waals surface area contributed by atoms with Gasteiger partial charge in [0, 0.05) is 11.1 Å². The smallest absolute Gasteiger partial charge is 0.258 e. The molecule has 0 saturated heterocycles. The van der Waals surface area contributed by atoms with Gasteiger partial charge in [-0.2, -0.15) is 0 Å². The van der Waals surface area contributed by atoms with Gasteiger partial charge in [0.15, 0.2) is 6.10 Å². The zero-order valence-corrected chi connectivity index (χ0v) is 9.81. The van der Waals surface area contributed by atoms with E-state index in [1.807, 2.05) is 31.2 Å². The quantitative estimate of drug-likeness (QED) is 0.874. The number of carbonyl (C=O) groups is 1. The number of ether oxygens (including phenoxy) is 1. The Labute approximate surface area is 99.4 Å². The fourth-order valence-electron chi connectivity index (χ4n) is 1.56. The molecule has 1 aromatic heterocycles. The topological polar surface area (TPSA) is 65.2 Å². The van der Waals surface area contributed by atoms with Crippen molar-refractivity contribution in [3.63, 3.8) is 0 Å². The molecule has 1 unspecified atom stereocenters. The predicted molar refractivity (Wildman–Crippen MR) is 65.8 cm³/mol. The lowest BCUT2D eigenvalue weighted by Gasteiger charge is -2.12. The summed E-state index contributed by atoms with van der Waals surface area (Å²) in [4.78, 5) is 15.4. The van der Waals surface area contributed by atoms with E-state index >= 15 is 0 Å². The standard InChI is InChI=1S/C13H14N2O2/c1-8-6-7-10-4-3-5-11(12(10)15-8)17-9(2)13(14)16/h3-7,9H,1-2H3,(H2,14,16). The minimum atomic E-state index is -0.664. The highest BCUT2D eigenvalue weighted by Crippen LogP contribution is 2.24. The molecule has 4 nitrogen and oxygen atoms in total. The Morgan fingerprint density at radius 1 is 1.35 bits per heavy atom. The Kier molecular flexibility index (Phi) is 2.95. The predicted octanol–water partition coefficient (Wildman–Crippen LogP) is 1.80. The normalized spacial score (nSPS) is 12.4. The van der Waals surface area contributed by atoms with E-state index in [2.05, 4.69) is 4.98 Å². The minimum absolute atomic E-state index is 0.491. The molecule has 1 heterocycles. The summed E-state index contributed by atoms with van der Waals surface area (Å²) in [5, 5.41) is 0.977. The average Bonchev–Trinajstić information content (AvgIpc) is 2.29. The molecule has 2 rings (SSSR count). The maximum atomic E-state index is 11.0. The van der Waals surface area contributed by atoms with Crippen molar-refractivity contribution in [3.8, 4) is 5.75 Å². The second-order valence-electron chi connectivity index (χ2n) is 3.94. The third-order valence-electron chi connectivity index (χ3n) is 2.53. The van der Waals surface area contributed by atoms with Gasteiger partial charge in [-0.1, -0.05) is 18.2 Å². The third kappa shape index (κ3) is 2.36. The summed E-state index contributed by atoms with van der Waals surface area (Å²) in [6.07, 6.45) is -0.664. The van der Waals surface area contributed by atoms with Gasteiger partial charge in [-0.05, 0) is 26.0 Å². The van der Waals surface area contributed by atoms with Gasteiger partial charge < -0.3 is 10.5 Å². The number of para-hydroxylation sites is 1. The first-order valence-electron chi connectivity index (χ1n) is 5.40. The second-order valence-corrected chi connectivity index (χ2v) is 3.94.